The third-order valence-electron chi connectivity index (χ3n) is 2.78. The van der Waals surface area contributed by atoms with Gasteiger partial charge in [-0.15, -0.1) is 0 Å². The predicted molar refractivity (Wildman–Crippen MR) is 80.1 cm³/mol. The van der Waals surface area contributed by atoms with E-state index in [9.17, 15) is 4.79 Å². The summed E-state index contributed by atoms with van der Waals surface area (Å²) in [5.74, 6) is 0.619. The number of rotatable bonds is 5. The Morgan fingerprint density at radius 2 is 1.95 bits per heavy atom. The fourth-order valence-electron chi connectivity index (χ4n) is 1.80. The minimum atomic E-state index is -0.121. The van der Waals surface area contributed by atoms with Crippen molar-refractivity contribution in [1.29, 1.82) is 0 Å². The van der Waals surface area contributed by atoms with Crippen LogP contribution in [0.2, 0.25) is 0 Å². The Hall–Kier alpha value is -2.33. The molecular weight excluding hydrogens is 252 g/mol. The zero-order valence-corrected chi connectivity index (χ0v) is 11.4. The lowest BCUT2D eigenvalue weighted by molar-refractivity contribution is 0.102. The molecule has 0 aromatic heterocycles. The number of carbonyl (C=O) groups excluding carboxylic acids is 1. The van der Waals surface area contributed by atoms with E-state index in [2.05, 4.69) is 5.32 Å². The molecule has 0 aliphatic carbocycles. The van der Waals surface area contributed by atoms with Crippen molar-refractivity contribution in [2.75, 3.05) is 18.5 Å². The maximum atomic E-state index is 12.1. The molecule has 0 aliphatic rings. The molecule has 2 aromatic carbocycles. The van der Waals surface area contributed by atoms with Crippen LogP contribution in [0.5, 0.6) is 5.75 Å². The van der Waals surface area contributed by atoms with Gasteiger partial charge >= 0.3 is 0 Å². The molecule has 4 heteroatoms. The molecule has 0 heterocycles. The van der Waals surface area contributed by atoms with Gasteiger partial charge in [-0.2, -0.15) is 0 Å². The largest absolute Gasteiger partial charge is 0.492 e. The van der Waals surface area contributed by atoms with E-state index in [-0.39, 0.29) is 5.91 Å². The van der Waals surface area contributed by atoms with Crippen molar-refractivity contribution in [3.63, 3.8) is 0 Å². The Morgan fingerprint density at radius 3 is 2.60 bits per heavy atom. The van der Waals surface area contributed by atoms with Gasteiger partial charge in [0.15, 0.2) is 0 Å². The number of aryl methyl sites for hydroxylation is 1. The van der Waals surface area contributed by atoms with Gasteiger partial charge in [-0.3, -0.25) is 4.79 Å². The van der Waals surface area contributed by atoms with Crippen molar-refractivity contribution in [3.05, 3.63) is 59.7 Å². The van der Waals surface area contributed by atoms with E-state index in [0.29, 0.717) is 18.7 Å². The highest BCUT2D eigenvalue weighted by molar-refractivity contribution is 6.04. The van der Waals surface area contributed by atoms with E-state index in [4.69, 9.17) is 10.5 Å². The summed E-state index contributed by atoms with van der Waals surface area (Å²) >= 11 is 0. The average molecular weight is 270 g/mol. The maximum Gasteiger partial charge on any atom is 0.255 e. The Morgan fingerprint density at radius 1 is 1.20 bits per heavy atom. The van der Waals surface area contributed by atoms with Gasteiger partial charge in [0.25, 0.3) is 5.91 Å². The van der Waals surface area contributed by atoms with E-state index in [1.165, 1.54) is 0 Å². The average Bonchev–Trinajstić information content (AvgIpc) is 2.46. The minimum Gasteiger partial charge on any atom is -0.492 e. The van der Waals surface area contributed by atoms with Gasteiger partial charge < -0.3 is 15.8 Å². The molecule has 0 unspecified atom stereocenters. The van der Waals surface area contributed by atoms with Crippen LogP contribution >= 0.6 is 0 Å². The van der Waals surface area contributed by atoms with E-state index in [1.807, 2.05) is 37.3 Å². The fourth-order valence-corrected chi connectivity index (χ4v) is 1.80. The lowest BCUT2D eigenvalue weighted by Gasteiger charge is -2.08. The van der Waals surface area contributed by atoms with Crippen LogP contribution in [0.15, 0.2) is 48.5 Å². The summed E-state index contributed by atoms with van der Waals surface area (Å²) in [6.07, 6.45) is 0. The second-order valence-electron chi connectivity index (χ2n) is 4.49. The number of hydrogen-bond donors (Lipinski definition) is 2. The van der Waals surface area contributed by atoms with Gasteiger partial charge in [0, 0.05) is 17.8 Å². The molecule has 0 fully saturated rings. The topological polar surface area (TPSA) is 64.3 Å². The highest BCUT2D eigenvalue weighted by Crippen LogP contribution is 2.16. The molecule has 0 atom stereocenters. The van der Waals surface area contributed by atoms with Gasteiger partial charge in [0.2, 0.25) is 0 Å². The molecule has 2 rings (SSSR count). The van der Waals surface area contributed by atoms with Crippen LogP contribution in [0.3, 0.4) is 0 Å². The van der Waals surface area contributed by atoms with Gasteiger partial charge in [-0.1, -0.05) is 17.7 Å². The van der Waals surface area contributed by atoms with E-state index < -0.39 is 0 Å². The molecule has 0 saturated carbocycles. The summed E-state index contributed by atoms with van der Waals surface area (Å²) in [5, 5.41) is 2.85. The third kappa shape index (κ3) is 3.83. The van der Waals surface area contributed by atoms with Crippen LogP contribution in [-0.2, 0) is 0 Å². The first-order valence-electron chi connectivity index (χ1n) is 6.50. The van der Waals surface area contributed by atoms with Gasteiger partial charge in [-0.25, -0.2) is 0 Å². The number of nitrogens with two attached hydrogens (primary N) is 1. The first kappa shape index (κ1) is 14.1. The fraction of sp³-hybridized carbons (Fsp3) is 0.188. The molecule has 20 heavy (non-hydrogen) atoms. The van der Waals surface area contributed by atoms with Crippen LogP contribution in [0, 0.1) is 6.92 Å². The Bertz CT molecular complexity index is 579. The molecule has 104 valence electrons. The Labute approximate surface area is 118 Å². The first-order valence-corrected chi connectivity index (χ1v) is 6.50. The lowest BCUT2D eigenvalue weighted by Crippen LogP contribution is -2.12. The molecule has 0 radical (unpaired) electrons. The number of ether oxygens (including phenoxy) is 1. The molecule has 0 spiro atoms. The number of hydrogen-bond acceptors (Lipinski definition) is 3. The second-order valence-corrected chi connectivity index (χ2v) is 4.49. The van der Waals surface area contributed by atoms with E-state index in [1.54, 1.807) is 18.2 Å². The van der Waals surface area contributed by atoms with Crippen molar-refractivity contribution >= 4 is 11.6 Å². The monoisotopic (exact) mass is 270 g/mol. The first-order chi connectivity index (χ1) is 9.69. The molecule has 0 saturated heterocycles. The van der Waals surface area contributed by atoms with Crippen LogP contribution in [0.1, 0.15) is 15.9 Å². The van der Waals surface area contributed by atoms with Gasteiger partial charge in [-0.05, 0) is 43.3 Å². The van der Waals surface area contributed by atoms with Gasteiger partial charge in [0.05, 0.1) is 0 Å². The lowest BCUT2D eigenvalue weighted by atomic mass is 10.1. The molecule has 2 aromatic rings. The zero-order valence-electron chi connectivity index (χ0n) is 11.4. The van der Waals surface area contributed by atoms with Crippen LogP contribution in [0.25, 0.3) is 0 Å². The van der Waals surface area contributed by atoms with Crippen LogP contribution in [0.4, 0.5) is 5.69 Å². The van der Waals surface area contributed by atoms with Crippen molar-refractivity contribution in [2.24, 2.45) is 5.73 Å². The Balaban J connectivity index is 2.01. The molecule has 1 amide bonds. The van der Waals surface area contributed by atoms with Gasteiger partial charge in [0.1, 0.15) is 12.4 Å². The molecule has 0 bridgehead atoms. The number of nitrogens with one attached hydrogen (secondary N) is 1. The second kappa shape index (κ2) is 6.73. The van der Waals surface area contributed by atoms with Crippen molar-refractivity contribution in [1.82, 2.24) is 0 Å². The third-order valence-corrected chi connectivity index (χ3v) is 2.78. The summed E-state index contributed by atoms with van der Waals surface area (Å²) in [6, 6.07) is 14.7. The zero-order chi connectivity index (χ0) is 14.4. The summed E-state index contributed by atoms with van der Waals surface area (Å²) in [7, 11) is 0. The summed E-state index contributed by atoms with van der Waals surface area (Å²) in [6.45, 7) is 2.92. The normalized spacial score (nSPS) is 10.1. The number of carbonyl (C=O) groups is 1. The summed E-state index contributed by atoms with van der Waals surface area (Å²) in [4.78, 5) is 12.1. The van der Waals surface area contributed by atoms with Crippen molar-refractivity contribution in [2.45, 2.75) is 6.92 Å². The molecule has 4 nitrogen and oxygen atoms in total. The van der Waals surface area contributed by atoms with Crippen molar-refractivity contribution in [3.8, 4) is 5.75 Å². The minimum absolute atomic E-state index is 0.121. The quantitative estimate of drug-likeness (QED) is 0.877. The number of benzene rings is 2. The smallest absolute Gasteiger partial charge is 0.255 e. The van der Waals surface area contributed by atoms with E-state index in [0.717, 1.165) is 17.0 Å². The van der Waals surface area contributed by atoms with Crippen LogP contribution in [-0.4, -0.2) is 19.1 Å². The Kier molecular flexibility index (Phi) is 4.74. The SMILES string of the molecule is Cc1cccc(C(=O)Nc2ccc(OCCN)cc2)c1. The maximum absolute atomic E-state index is 12.1. The molecular formula is C16H18N2O2. The number of amides is 1. The summed E-state index contributed by atoms with van der Waals surface area (Å²) in [5.41, 5.74) is 7.80. The highest BCUT2D eigenvalue weighted by Gasteiger charge is 2.05. The molecule has 0 aliphatic heterocycles. The number of anilines is 1. The summed E-state index contributed by atoms with van der Waals surface area (Å²) < 4.78 is 5.38. The van der Waals surface area contributed by atoms with E-state index >= 15 is 0 Å². The molecule has 3 N–H and O–H groups in total. The predicted octanol–water partition coefficient (Wildman–Crippen LogP) is 2.58. The van der Waals surface area contributed by atoms with Crippen LogP contribution < -0.4 is 15.8 Å². The standard InChI is InChI=1S/C16H18N2O2/c1-12-3-2-4-13(11-12)16(19)18-14-5-7-15(8-6-14)20-10-9-17/h2-8,11H,9-10,17H2,1H3,(H,18,19). The highest BCUT2D eigenvalue weighted by atomic mass is 16.5. The van der Waals surface area contributed by atoms with Crippen molar-refractivity contribution < 1.29 is 9.53 Å².